The molecule has 2 heterocycles. The van der Waals surface area contributed by atoms with E-state index in [1.165, 1.54) is 23.1 Å². The second-order valence-corrected chi connectivity index (χ2v) is 10.1. The number of carbonyl (C=O) groups excluding carboxylic acids is 1. The number of carbonyl (C=O) groups is 2. The number of hydrogen-bond donors (Lipinski definition) is 2. The zero-order valence-corrected chi connectivity index (χ0v) is 18.9. The van der Waals surface area contributed by atoms with Gasteiger partial charge in [0.25, 0.3) is 0 Å². The summed E-state index contributed by atoms with van der Waals surface area (Å²) in [5.74, 6) is 0.816. The Bertz CT molecular complexity index is 813. The van der Waals surface area contributed by atoms with E-state index in [1.54, 1.807) is 13.1 Å². The monoisotopic (exact) mass is 440 g/mol. The van der Waals surface area contributed by atoms with Crippen LogP contribution < -0.4 is 5.32 Å². The lowest BCUT2D eigenvalue weighted by Gasteiger charge is -2.12. The number of nitrogens with zero attached hydrogens (tertiary/aromatic N) is 3. The summed E-state index contributed by atoms with van der Waals surface area (Å²) in [7, 11) is 0. The number of anilines is 1. The van der Waals surface area contributed by atoms with E-state index in [4.69, 9.17) is 9.52 Å². The SMILES string of the molecule is CC(CCCCCC(=O)Nc1nnc(SCc2ncc(C(C)(C)C)o2)s1)C(=O)O. The van der Waals surface area contributed by atoms with Gasteiger partial charge in [-0.1, -0.05) is 63.6 Å². The quantitative estimate of drug-likeness (QED) is 0.292. The molecule has 0 spiro atoms. The van der Waals surface area contributed by atoms with Crippen molar-refractivity contribution in [1.82, 2.24) is 15.2 Å². The molecule has 0 aliphatic rings. The smallest absolute Gasteiger partial charge is 0.306 e. The molecule has 1 amide bonds. The number of unbranched alkanes of at least 4 members (excludes halogenated alkanes) is 2. The predicted molar refractivity (Wildman–Crippen MR) is 113 cm³/mol. The second-order valence-electron chi connectivity index (χ2n) is 7.92. The molecule has 0 aliphatic carbocycles. The normalized spacial score (nSPS) is 12.7. The van der Waals surface area contributed by atoms with Crippen molar-refractivity contribution in [2.75, 3.05) is 5.32 Å². The second kappa shape index (κ2) is 10.7. The highest BCUT2D eigenvalue weighted by Gasteiger charge is 2.19. The van der Waals surface area contributed by atoms with Gasteiger partial charge in [-0.2, -0.15) is 0 Å². The first kappa shape index (κ1) is 23.3. The third kappa shape index (κ3) is 8.14. The molecule has 0 bridgehead atoms. The summed E-state index contributed by atoms with van der Waals surface area (Å²) < 4.78 is 6.49. The van der Waals surface area contributed by atoms with Crippen molar-refractivity contribution in [3.05, 3.63) is 17.8 Å². The first-order chi connectivity index (χ1) is 13.6. The molecule has 0 aromatic carbocycles. The van der Waals surface area contributed by atoms with E-state index in [-0.39, 0.29) is 17.2 Å². The lowest BCUT2D eigenvalue weighted by Crippen LogP contribution is -2.11. The molecule has 2 rings (SSSR count). The molecule has 0 saturated heterocycles. The Morgan fingerprint density at radius 3 is 2.69 bits per heavy atom. The molecule has 160 valence electrons. The van der Waals surface area contributed by atoms with Crippen molar-refractivity contribution in [2.45, 2.75) is 75.3 Å². The van der Waals surface area contributed by atoms with Crippen LogP contribution in [0.2, 0.25) is 0 Å². The van der Waals surface area contributed by atoms with Crippen LogP contribution in [0.1, 0.15) is 71.5 Å². The summed E-state index contributed by atoms with van der Waals surface area (Å²) in [6, 6.07) is 0. The van der Waals surface area contributed by atoms with E-state index < -0.39 is 5.97 Å². The zero-order chi connectivity index (χ0) is 21.4. The van der Waals surface area contributed by atoms with Crippen molar-refractivity contribution in [3.63, 3.8) is 0 Å². The Hall–Kier alpha value is -1.94. The number of aliphatic carboxylic acids is 1. The third-order valence-electron chi connectivity index (χ3n) is 4.23. The van der Waals surface area contributed by atoms with E-state index in [9.17, 15) is 9.59 Å². The Morgan fingerprint density at radius 1 is 1.28 bits per heavy atom. The molecule has 10 heteroatoms. The maximum atomic E-state index is 12.0. The van der Waals surface area contributed by atoms with Crippen LogP contribution in [0.15, 0.2) is 15.0 Å². The molecule has 0 aliphatic heterocycles. The maximum Gasteiger partial charge on any atom is 0.306 e. The van der Waals surface area contributed by atoms with Crippen molar-refractivity contribution in [3.8, 4) is 0 Å². The van der Waals surface area contributed by atoms with E-state index in [2.05, 4.69) is 41.3 Å². The first-order valence-electron chi connectivity index (χ1n) is 9.59. The lowest BCUT2D eigenvalue weighted by atomic mass is 9.94. The molecule has 0 radical (unpaired) electrons. The van der Waals surface area contributed by atoms with Gasteiger partial charge in [-0.15, -0.1) is 10.2 Å². The molecule has 0 saturated carbocycles. The number of aromatic nitrogens is 3. The summed E-state index contributed by atoms with van der Waals surface area (Å²) in [6.45, 7) is 7.91. The fourth-order valence-corrected chi connectivity index (χ4v) is 4.01. The molecule has 0 fully saturated rings. The third-order valence-corrected chi connectivity index (χ3v) is 6.18. The van der Waals surface area contributed by atoms with Gasteiger partial charge in [0.1, 0.15) is 5.76 Å². The lowest BCUT2D eigenvalue weighted by molar-refractivity contribution is -0.141. The van der Waals surface area contributed by atoms with Gasteiger partial charge in [0.15, 0.2) is 4.34 Å². The summed E-state index contributed by atoms with van der Waals surface area (Å²) in [4.78, 5) is 27.1. The van der Waals surface area contributed by atoms with Crippen LogP contribution in [0.3, 0.4) is 0 Å². The van der Waals surface area contributed by atoms with E-state index in [1.807, 2.05) is 0 Å². The highest BCUT2D eigenvalue weighted by Crippen LogP contribution is 2.30. The predicted octanol–water partition coefficient (Wildman–Crippen LogP) is 4.73. The molecule has 29 heavy (non-hydrogen) atoms. The van der Waals surface area contributed by atoms with Gasteiger partial charge in [-0.3, -0.25) is 9.59 Å². The topological polar surface area (TPSA) is 118 Å². The van der Waals surface area contributed by atoms with Crippen molar-refractivity contribution < 1.29 is 19.1 Å². The van der Waals surface area contributed by atoms with E-state index in [0.717, 1.165) is 29.4 Å². The first-order valence-corrected chi connectivity index (χ1v) is 11.4. The van der Waals surface area contributed by atoms with Gasteiger partial charge < -0.3 is 14.8 Å². The molecule has 2 N–H and O–H groups in total. The average Bonchev–Trinajstić information content (AvgIpc) is 3.28. The Kier molecular flexibility index (Phi) is 8.63. The molecular weight excluding hydrogens is 412 g/mol. The largest absolute Gasteiger partial charge is 0.481 e. The minimum absolute atomic E-state index is 0.0788. The fourth-order valence-electron chi connectivity index (χ4n) is 2.38. The fraction of sp³-hybridized carbons (Fsp3) is 0.632. The molecule has 1 atom stereocenters. The van der Waals surface area contributed by atoms with Crippen molar-refractivity contribution in [1.29, 1.82) is 0 Å². The number of hydrogen-bond acceptors (Lipinski definition) is 8. The van der Waals surface area contributed by atoms with Crippen LogP contribution in [-0.4, -0.2) is 32.2 Å². The summed E-state index contributed by atoms with van der Waals surface area (Å²) in [5, 5.41) is 20.2. The van der Waals surface area contributed by atoms with Crippen LogP contribution in [0.4, 0.5) is 5.13 Å². The molecule has 2 aromatic rings. The van der Waals surface area contributed by atoms with Crippen molar-refractivity contribution in [2.24, 2.45) is 5.92 Å². The number of carboxylic acids is 1. The minimum Gasteiger partial charge on any atom is -0.481 e. The highest BCUT2D eigenvalue weighted by atomic mass is 32.2. The standard InChI is InChI=1S/C19H28N4O4S2/c1-12(16(25)26)8-6-5-7-9-14(24)21-17-22-23-18(29-17)28-11-15-20-10-13(27-15)19(2,3)4/h10,12H,5-9,11H2,1-4H3,(H,25,26)(H,21,22,24). The van der Waals surface area contributed by atoms with E-state index >= 15 is 0 Å². The Morgan fingerprint density at radius 2 is 2.03 bits per heavy atom. The number of carboxylic acid groups (broad SMARTS) is 1. The van der Waals surface area contributed by atoms with Gasteiger partial charge in [0.2, 0.25) is 16.9 Å². The summed E-state index contributed by atoms with van der Waals surface area (Å²) >= 11 is 2.78. The van der Waals surface area contributed by atoms with Crippen LogP contribution >= 0.6 is 23.1 Å². The number of nitrogens with one attached hydrogen (secondary N) is 1. The van der Waals surface area contributed by atoms with Crippen LogP contribution in [0, 0.1) is 5.92 Å². The maximum absolute atomic E-state index is 12.0. The Balaban J connectivity index is 1.68. The van der Waals surface area contributed by atoms with Crippen LogP contribution in [0.5, 0.6) is 0 Å². The average molecular weight is 441 g/mol. The van der Waals surface area contributed by atoms with Gasteiger partial charge in [-0.05, 0) is 12.8 Å². The Labute approximate surface area is 178 Å². The van der Waals surface area contributed by atoms with Crippen molar-refractivity contribution >= 4 is 40.1 Å². The molecule has 1 unspecified atom stereocenters. The number of thioether (sulfide) groups is 1. The van der Waals surface area contributed by atoms with Crippen LogP contribution in [0.25, 0.3) is 0 Å². The summed E-state index contributed by atoms with van der Waals surface area (Å²) in [5.41, 5.74) is -0.0788. The number of amides is 1. The molecular formula is C19H28N4O4S2. The van der Waals surface area contributed by atoms with Gasteiger partial charge in [0.05, 0.1) is 17.9 Å². The minimum atomic E-state index is -0.773. The number of oxazole rings is 1. The molecule has 2 aromatic heterocycles. The zero-order valence-electron chi connectivity index (χ0n) is 17.2. The van der Waals surface area contributed by atoms with Gasteiger partial charge in [0, 0.05) is 11.8 Å². The van der Waals surface area contributed by atoms with Gasteiger partial charge in [-0.25, -0.2) is 4.98 Å². The van der Waals surface area contributed by atoms with E-state index in [0.29, 0.717) is 29.6 Å². The van der Waals surface area contributed by atoms with Crippen LogP contribution in [-0.2, 0) is 20.8 Å². The summed E-state index contributed by atoms with van der Waals surface area (Å²) in [6.07, 6.45) is 5.13. The highest BCUT2D eigenvalue weighted by molar-refractivity contribution is 8.00. The van der Waals surface area contributed by atoms with Gasteiger partial charge >= 0.3 is 5.97 Å². The molecule has 8 nitrogen and oxygen atoms in total. The number of rotatable bonds is 11.